The van der Waals surface area contributed by atoms with Gasteiger partial charge in [0.25, 0.3) is 0 Å². The summed E-state index contributed by atoms with van der Waals surface area (Å²) in [6.45, 7) is 0. The quantitative estimate of drug-likeness (QED) is 0.832. The maximum absolute atomic E-state index is 13.0. The van der Waals surface area contributed by atoms with Gasteiger partial charge in [0, 0.05) is 12.0 Å². The van der Waals surface area contributed by atoms with Crippen molar-refractivity contribution in [1.82, 2.24) is 25.5 Å². The number of nitrogens with one attached hydrogen (secondary N) is 1. The highest BCUT2D eigenvalue weighted by molar-refractivity contribution is 5.77. The van der Waals surface area contributed by atoms with Crippen LogP contribution in [0.1, 0.15) is 56.9 Å². The number of amides is 1. The standard InChI is InChI=1S/C21H26FN5O/c22-18-6-4-15(5-7-18)2-1-3-19(28)25-20-9-16-8-17(10-20)12-21(11-16,13-20)27-24-14-23-26-27/h4-7,14,16-17H,1-3,8-13H2,(H,25,28). The van der Waals surface area contributed by atoms with Gasteiger partial charge in [-0.25, -0.2) is 4.39 Å². The van der Waals surface area contributed by atoms with E-state index in [9.17, 15) is 9.18 Å². The third-order valence-corrected chi connectivity index (χ3v) is 6.99. The minimum Gasteiger partial charge on any atom is -0.351 e. The highest BCUT2D eigenvalue weighted by atomic mass is 19.1. The van der Waals surface area contributed by atoms with Gasteiger partial charge in [0.15, 0.2) is 6.33 Å². The molecule has 6 nitrogen and oxygen atoms in total. The molecular formula is C21H26FN5O. The molecule has 4 aliphatic carbocycles. The lowest BCUT2D eigenvalue weighted by molar-refractivity contribution is -0.131. The van der Waals surface area contributed by atoms with Crippen molar-refractivity contribution >= 4 is 5.91 Å². The first-order chi connectivity index (χ1) is 13.5. The zero-order valence-electron chi connectivity index (χ0n) is 16.0. The molecule has 4 bridgehead atoms. The van der Waals surface area contributed by atoms with Gasteiger partial charge in [0.2, 0.25) is 5.91 Å². The average Bonchev–Trinajstić information content (AvgIpc) is 3.17. The van der Waals surface area contributed by atoms with Gasteiger partial charge >= 0.3 is 0 Å². The Hall–Kier alpha value is -2.31. The maximum Gasteiger partial charge on any atom is 0.220 e. The van der Waals surface area contributed by atoms with E-state index in [2.05, 4.69) is 20.7 Å². The zero-order valence-corrected chi connectivity index (χ0v) is 16.0. The second kappa shape index (κ2) is 6.64. The predicted octanol–water partition coefficient (Wildman–Crippen LogP) is 3.00. The van der Waals surface area contributed by atoms with Crippen molar-refractivity contribution in [1.29, 1.82) is 0 Å². The van der Waals surface area contributed by atoms with Crippen molar-refractivity contribution in [2.24, 2.45) is 11.8 Å². The summed E-state index contributed by atoms with van der Waals surface area (Å²) in [6, 6.07) is 6.54. The van der Waals surface area contributed by atoms with Gasteiger partial charge < -0.3 is 5.32 Å². The van der Waals surface area contributed by atoms with Gasteiger partial charge in [-0.05, 0) is 86.1 Å². The lowest BCUT2D eigenvalue weighted by Crippen LogP contribution is -2.66. The number of rotatable bonds is 6. The summed E-state index contributed by atoms with van der Waals surface area (Å²) < 4.78 is 13.0. The Morgan fingerprint density at radius 2 is 1.93 bits per heavy atom. The van der Waals surface area contributed by atoms with E-state index in [0.29, 0.717) is 18.3 Å². The number of benzene rings is 1. The van der Waals surface area contributed by atoms with E-state index in [1.54, 1.807) is 12.1 Å². The molecule has 1 N–H and O–H groups in total. The Bertz CT molecular complexity index is 836. The molecular weight excluding hydrogens is 357 g/mol. The van der Waals surface area contributed by atoms with Gasteiger partial charge in [-0.15, -0.1) is 10.2 Å². The summed E-state index contributed by atoms with van der Waals surface area (Å²) in [5.74, 6) is 1.17. The second-order valence-electron chi connectivity index (χ2n) is 9.22. The average molecular weight is 383 g/mol. The number of nitrogens with zero attached hydrogens (tertiary/aromatic N) is 4. The topological polar surface area (TPSA) is 72.7 Å². The van der Waals surface area contributed by atoms with E-state index >= 15 is 0 Å². The molecule has 6 rings (SSSR count). The molecule has 148 valence electrons. The third-order valence-electron chi connectivity index (χ3n) is 6.99. The molecule has 4 saturated carbocycles. The number of halogens is 1. The molecule has 0 aliphatic heterocycles. The SMILES string of the molecule is O=C(CCCc1ccc(F)cc1)NC12CC3CC(C1)CC(n1ncnn1)(C3)C2. The molecule has 2 aromatic rings. The van der Waals surface area contributed by atoms with Crippen LogP contribution < -0.4 is 5.32 Å². The van der Waals surface area contributed by atoms with Crippen molar-refractivity contribution in [3.63, 3.8) is 0 Å². The number of tetrazole rings is 1. The van der Waals surface area contributed by atoms with Crippen LogP contribution in [0.4, 0.5) is 4.39 Å². The highest BCUT2D eigenvalue weighted by Gasteiger charge is 2.60. The number of aryl methyl sites for hydroxylation is 1. The van der Waals surface area contributed by atoms with E-state index < -0.39 is 0 Å². The molecule has 2 atom stereocenters. The maximum atomic E-state index is 13.0. The van der Waals surface area contributed by atoms with Gasteiger partial charge in [0.05, 0.1) is 5.54 Å². The second-order valence-corrected chi connectivity index (χ2v) is 9.22. The van der Waals surface area contributed by atoms with Gasteiger partial charge in [-0.2, -0.15) is 4.80 Å². The Morgan fingerprint density at radius 1 is 1.18 bits per heavy atom. The summed E-state index contributed by atoms with van der Waals surface area (Å²) in [4.78, 5) is 14.6. The summed E-state index contributed by atoms with van der Waals surface area (Å²) in [5, 5.41) is 15.9. The van der Waals surface area contributed by atoms with Gasteiger partial charge in [-0.3, -0.25) is 4.79 Å². The minimum absolute atomic E-state index is 0.0814. The largest absolute Gasteiger partial charge is 0.351 e. The van der Waals surface area contributed by atoms with Crippen molar-refractivity contribution < 1.29 is 9.18 Å². The molecule has 1 amide bonds. The van der Waals surface area contributed by atoms with Crippen LogP contribution >= 0.6 is 0 Å². The number of carbonyl (C=O) groups excluding carboxylic acids is 1. The van der Waals surface area contributed by atoms with E-state index in [1.807, 2.05) is 4.80 Å². The predicted molar refractivity (Wildman–Crippen MR) is 101 cm³/mol. The van der Waals surface area contributed by atoms with Crippen molar-refractivity contribution in [2.75, 3.05) is 0 Å². The van der Waals surface area contributed by atoms with Crippen LogP contribution in [-0.4, -0.2) is 31.7 Å². The van der Waals surface area contributed by atoms with Crippen LogP contribution in [0.15, 0.2) is 30.6 Å². The van der Waals surface area contributed by atoms with E-state index in [4.69, 9.17) is 0 Å². The van der Waals surface area contributed by atoms with Crippen LogP contribution in [-0.2, 0) is 16.8 Å². The lowest BCUT2D eigenvalue weighted by atomic mass is 9.50. The van der Waals surface area contributed by atoms with Crippen LogP contribution in [0.2, 0.25) is 0 Å². The van der Waals surface area contributed by atoms with Crippen LogP contribution in [0.3, 0.4) is 0 Å². The molecule has 28 heavy (non-hydrogen) atoms. The number of aromatic nitrogens is 4. The normalized spacial score (nSPS) is 33.2. The fourth-order valence-corrected chi connectivity index (χ4v) is 6.44. The molecule has 1 aromatic heterocycles. The monoisotopic (exact) mass is 383 g/mol. The first-order valence-corrected chi connectivity index (χ1v) is 10.3. The fourth-order valence-electron chi connectivity index (χ4n) is 6.44. The van der Waals surface area contributed by atoms with E-state index in [1.165, 1.54) is 24.9 Å². The Kier molecular flexibility index (Phi) is 4.21. The minimum atomic E-state index is -0.223. The molecule has 4 fully saturated rings. The molecule has 0 saturated heterocycles. The summed E-state index contributed by atoms with van der Waals surface area (Å²) in [7, 11) is 0. The Balaban J connectivity index is 1.23. The molecule has 0 spiro atoms. The third kappa shape index (κ3) is 3.20. The molecule has 7 heteroatoms. The Labute approximate surface area is 163 Å². The lowest BCUT2D eigenvalue weighted by Gasteiger charge is -2.61. The fraction of sp³-hybridized carbons (Fsp3) is 0.619. The molecule has 2 unspecified atom stereocenters. The highest BCUT2D eigenvalue weighted by Crippen LogP contribution is 2.60. The number of hydrogen-bond acceptors (Lipinski definition) is 4. The smallest absolute Gasteiger partial charge is 0.220 e. The van der Waals surface area contributed by atoms with Crippen molar-refractivity contribution in [3.8, 4) is 0 Å². The molecule has 1 heterocycles. The molecule has 4 aliphatic rings. The molecule has 1 aromatic carbocycles. The molecule has 0 radical (unpaired) electrons. The van der Waals surface area contributed by atoms with Gasteiger partial charge in [0.1, 0.15) is 5.82 Å². The van der Waals surface area contributed by atoms with Crippen molar-refractivity contribution in [2.45, 2.75) is 68.9 Å². The number of hydrogen-bond donors (Lipinski definition) is 1. The summed E-state index contributed by atoms with van der Waals surface area (Å²) in [5.41, 5.74) is 0.868. The van der Waals surface area contributed by atoms with Gasteiger partial charge in [-0.1, -0.05) is 12.1 Å². The summed E-state index contributed by atoms with van der Waals surface area (Å²) >= 11 is 0. The van der Waals surface area contributed by atoms with Crippen LogP contribution in [0, 0.1) is 17.7 Å². The van der Waals surface area contributed by atoms with E-state index in [-0.39, 0.29) is 22.8 Å². The van der Waals surface area contributed by atoms with Crippen LogP contribution in [0.25, 0.3) is 0 Å². The first-order valence-electron chi connectivity index (χ1n) is 10.3. The zero-order chi connectivity index (χ0) is 19.2. The number of carbonyl (C=O) groups is 1. The van der Waals surface area contributed by atoms with E-state index in [0.717, 1.165) is 50.5 Å². The van der Waals surface area contributed by atoms with Crippen LogP contribution in [0.5, 0.6) is 0 Å². The first kappa shape index (κ1) is 17.8. The Morgan fingerprint density at radius 3 is 2.61 bits per heavy atom. The van der Waals surface area contributed by atoms with Crippen molar-refractivity contribution in [3.05, 3.63) is 42.0 Å². The summed E-state index contributed by atoms with van der Waals surface area (Å²) in [6.07, 6.45) is 10.1.